The molecule has 1 atom stereocenters. The molecule has 120 valence electrons. The molecule has 7 heteroatoms. The summed E-state index contributed by atoms with van der Waals surface area (Å²) in [6.45, 7) is 2.17. The Morgan fingerprint density at radius 3 is 2.65 bits per heavy atom. The lowest BCUT2D eigenvalue weighted by atomic mass is 10.1. The van der Waals surface area contributed by atoms with Crippen LogP contribution in [0.4, 0.5) is 5.82 Å². The lowest BCUT2D eigenvalue weighted by Crippen LogP contribution is -2.44. The largest absolute Gasteiger partial charge is 0.351 e. The molecule has 0 saturated carbocycles. The molecule has 1 unspecified atom stereocenters. The molecule has 1 aromatic heterocycles. The lowest BCUT2D eigenvalue weighted by Gasteiger charge is -2.19. The number of anilines is 1. The van der Waals surface area contributed by atoms with E-state index in [0.717, 1.165) is 0 Å². The van der Waals surface area contributed by atoms with Crippen LogP contribution in [-0.4, -0.2) is 28.7 Å². The van der Waals surface area contributed by atoms with Crippen LogP contribution < -0.4 is 10.6 Å². The molecule has 2 aromatic rings. The predicted molar refractivity (Wildman–Crippen MR) is 94.8 cm³/mol. The summed E-state index contributed by atoms with van der Waals surface area (Å²) in [4.78, 5) is 16.6. The zero-order chi connectivity index (χ0) is 16.7. The zero-order valence-corrected chi connectivity index (χ0v) is 14.0. The van der Waals surface area contributed by atoms with Crippen LogP contribution in [0.15, 0.2) is 48.7 Å². The number of nitrogens with one attached hydrogen (secondary N) is 2. The third-order valence-electron chi connectivity index (χ3n) is 2.87. The maximum atomic E-state index is 12.5. The molecule has 1 aromatic carbocycles. The van der Waals surface area contributed by atoms with E-state index in [4.69, 9.17) is 28.6 Å². The van der Waals surface area contributed by atoms with Crippen molar-refractivity contribution in [3.05, 3.63) is 59.2 Å². The fourth-order valence-corrected chi connectivity index (χ4v) is 2.16. The summed E-state index contributed by atoms with van der Waals surface area (Å²) in [5, 5.41) is 6.58. The van der Waals surface area contributed by atoms with Crippen molar-refractivity contribution in [3.63, 3.8) is 0 Å². The first-order valence-electron chi connectivity index (χ1n) is 7.00. The van der Waals surface area contributed by atoms with Crippen molar-refractivity contribution >= 4 is 40.5 Å². The Bertz CT molecular complexity index is 665. The van der Waals surface area contributed by atoms with Gasteiger partial charge in [-0.15, -0.1) is 0 Å². The molecule has 2 N–H and O–H groups in total. The Morgan fingerprint density at radius 1 is 1.30 bits per heavy atom. The number of hydrogen-bond acceptors (Lipinski definition) is 4. The van der Waals surface area contributed by atoms with Crippen molar-refractivity contribution in [2.24, 2.45) is 0 Å². The molecule has 0 amide bonds. The number of hydrogen-bond donors (Lipinski definition) is 2. The van der Waals surface area contributed by atoms with Crippen molar-refractivity contribution in [2.75, 3.05) is 11.9 Å². The van der Waals surface area contributed by atoms with Gasteiger partial charge in [0.15, 0.2) is 11.3 Å². The van der Waals surface area contributed by atoms with Gasteiger partial charge in [-0.2, -0.15) is 0 Å². The number of ether oxygens (including phenoxy) is 1. The van der Waals surface area contributed by atoms with E-state index in [1.165, 1.54) is 0 Å². The fraction of sp³-hybridized carbons (Fsp3) is 0.188. The summed E-state index contributed by atoms with van der Waals surface area (Å²) in [5.74, 6) is 0.355. The van der Waals surface area contributed by atoms with E-state index >= 15 is 0 Å². The molecule has 5 nitrogen and oxygen atoms in total. The van der Waals surface area contributed by atoms with Gasteiger partial charge in [0.05, 0.1) is 0 Å². The molecule has 0 radical (unpaired) electrons. The number of benzene rings is 1. The van der Waals surface area contributed by atoms with Crippen molar-refractivity contribution < 1.29 is 9.53 Å². The monoisotopic (exact) mass is 349 g/mol. The number of carbonyl (C=O) groups is 1. The molecule has 0 aliphatic heterocycles. The highest BCUT2D eigenvalue weighted by Crippen LogP contribution is 2.12. The fourth-order valence-electron chi connectivity index (χ4n) is 1.82. The first kappa shape index (κ1) is 17.3. The predicted octanol–water partition coefficient (Wildman–Crippen LogP) is 3.27. The average molecular weight is 350 g/mol. The van der Waals surface area contributed by atoms with Gasteiger partial charge in [0, 0.05) is 23.4 Å². The van der Waals surface area contributed by atoms with Gasteiger partial charge in [0.2, 0.25) is 5.78 Å². The molecule has 23 heavy (non-hydrogen) atoms. The summed E-state index contributed by atoms with van der Waals surface area (Å²) in [6.07, 6.45) is 0.758. The van der Waals surface area contributed by atoms with Gasteiger partial charge in [-0.25, -0.2) is 4.98 Å². The normalized spacial score (nSPS) is 11.6. The van der Waals surface area contributed by atoms with Crippen LogP contribution in [0.5, 0.6) is 0 Å². The van der Waals surface area contributed by atoms with E-state index in [2.05, 4.69) is 15.6 Å². The maximum Gasteiger partial charge on any atom is 0.212 e. The molecular formula is C16H16ClN3O2S. The highest BCUT2D eigenvalue weighted by Gasteiger charge is 2.21. The van der Waals surface area contributed by atoms with Crippen molar-refractivity contribution in [3.8, 4) is 0 Å². The Hall–Kier alpha value is -2.02. The van der Waals surface area contributed by atoms with Crippen LogP contribution in [0, 0.1) is 0 Å². The smallest absolute Gasteiger partial charge is 0.212 e. The quantitative estimate of drug-likeness (QED) is 0.474. The minimum atomic E-state index is -0.884. The van der Waals surface area contributed by atoms with Crippen LogP contribution in [-0.2, 0) is 4.74 Å². The van der Waals surface area contributed by atoms with Gasteiger partial charge in [-0.1, -0.05) is 17.7 Å². The standard InChI is InChI=1S/C16H16ClN3O2S/c1-2-22-15(14(21)11-6-8-12(17)9-7-11)20-16(23)19-13-5-3-4-10-18-13/h3-10,15H,2H2,1H3,(H2,18,19,20,23). The Kier molecular flexibility index (Phi) is 6.46. The molecule has 0 spiro atoms. The summed E-state index contributed by atoms with van der Waals surface area (Å²) >= 11 is 11.0. The van der Waals surface area contributed by atoms with Gasteiger partial charge in [-0.3, -0.25) is 4.79 Å². The van der Waals surface area contributed by atoms with Crippen molar-refractivity contribution in [1.29, 1.82) is 0 Å². The number of carbonyl (C=O) groups excluding carboxylic acids is 1. The first-order valence-corrected chi connectivity index (χ1v) is 7.78. The summed E-state index contributed by atoms with van der Waals surface area (Å²) < 4.78 is 5.46. The van der Waals surface area contributed by atoms with Crippen molar-refractivity contribution in [2.45, 2.75) is 13.2 Å². The third kappa shape index (κ3) is 5.28. The Balaban J connectivity index is 2.04. The average Bonchev–Trinajstić information content (AvgIpc) is 2.55. The Labute approximate surface area is 145 Å². The summed E-state index contributed by atoms with van der Waals surface area (Å²) in [6, 6.07) is 12.0. The zero-order valence-electron chi connectivity index (χ0n) is 12.5. The minimum absolute atomic E-state index is 0.228. The van der Waals surface area contributed by atoms with Gasteiger partial charge in [-0.05, 0) is 55.5 Å². The van der Waals surface area contributed by atoms with Gasteiger partial charge < -0.3 is 15.4 Å². The molecule has 0 fully saturated rings. The number of halogens is 1. The topological polar surface area (TPSA) is 63.2 Å². The first-order chi connectivity index (χ1) is 11.1. The molecular weight excluding hydrogens is 334 g/mol. The molecule has 0 saturated heterocycles. The van der Waals surface area contributed by atoms with Crippen molar-refractivity contribution in [1.82, 2.24) is 10.3 Å². The van der Waals surface area contributed by atoms with Gasteiger partial charge in [0.1, 0.15) is 5.82 Å². The second kappa shape index (κ2) is 8.57. The molecule has 2 rings (SSSR count). The van der Waals surface area contributed by atoms with E-state index in [-0.39, 0.29) is 10.9 Å². The van der Waals surface area contributed by atoms with E-state index in [1.54, 1.807) is 49.5 Å². The van der Waals surface area contributed by atoms with E-state index in [0.29, 0.717) is 23.0 Å². The third-order valence-corrected chi connectivity index (χ3v) is 3.34. The van der Waals surface area contributed by atoms with E-state index in [9.17, 15) is 4.79 Å². The number of pyridine rings is 1. The highest BCUT2D eigenvalue weighted by atomic mass is 35.5. The van der Waals surface area contributed by atoms with Crippen LogP contribution in [0.3, 0.4) is 0 Å². The van der Waals surface area contributed by atoms with E-state index < -0.39 is 6.23 Å². The number of aromatic nitrogens is 1. The lowest BCUT2D eigenvalue weighted by molar-refractivity contribution is 0.0404. The summed E-state index contributed by atoms with van der Waals surface area (Å²) in [5.41, 5.74) is 0.487. The van der Waals surface area contributed by atoms with Crippen LogP contribution in [0.1, 0.15) is 17.3 Å². The minimum Gasteiger partial charge on any atom is -0.351 e. The summed E-state index contributed by atoms with van der Waals surface area (Å²) in [7, 11) is 0. The van der Waals surface area contributed by atoms with E-state index in [1.807, 2.05) is 6.07 Å². The number of rotatable bonds is 6. The number of ketones is 1. The van der Waals surface area contributed by atoms with Crippen LogP contribution in [0.2, 0.25) is 5.02 Å². The Morgan fingerprint density at radius 2 is 2.04 bits per heavy atom. The van der Waals surface area contributed by atoms with Gasteiger partial charge >= 0.3 is 0 Å². The second-order valence-corrected chi connectivity index (χ2v) is 5.36. The number of nitrogens with zero attached hydrogens (tertiary/aromatic N) is 1. The van der Waals surface area contributed by atoms with Crippen LogP contribution in [0.25, 0.3) is 0 Å². The molecule has 1 heterocycles. The molecule has 0 aliphatic carbocycles. The second-order valence-electron chi connectivity index (χ2n) is 4.52. The maximum absolute atomic E-state index is 12.5. The van der Waals surface area contributed by atoms with Gasteiger partial charge in [0.25, 0.3) is 0 Å². The molecule has 0 bridgehead atoms. The van der Waals surface area contributed by atoms with Crippen LogP contribution >= 0.6 is 23.8 Å². The number of Topliss-reactive ketones (excluding diaryl/α,β-unsaturated/α-hetero) is 1. The number of thiocarbonyl (C=S) groups is 1. The highest BCUT2D eigenvalue weighted by molar-refractivity contribution is 7.80. The SMILES string of the molecule is CCOC(NC(=S)Nc1ccccn1)C(=O)c1ccc(Cl)cc1. The molecule has 0 aliphatic rings.